The first-order valence-corrected chi connectivity index (χ1v) is 9.25. The van der Waals surface area contributed by atoms with Crippen molar-refractivity contribution in [3.63, 3.8) is 0 Å². The van der Waals surface area contributed by atoms with Gasteiger partial charge in [0, 0.05) is 60.9 Å². The highest BCUT2D eigenvalue weighted by atomic mass is 35.5. The molecule has 3 heterocycles. The van der Waals surface area contributed by atoms with Crippen LogP contribution in [0.5, 0.6) is 0 Å². The van der Waals surface area contributed by atoms with Crippen LogP contribution in [0.3, 0.4) is 0 Å². The highest BCUT2D eigenvalue weighted by Crippen LogP contribution is 2.33. The van der Waals surface area contributed by atoms with Gasteiger partial charge in [-0.2, -0.15) is 0 Å². The molecule has 7 nitrogen and oxygen atoms in total. The van der Waals surface area contributed by atoms with E-state index in [9.17, 15) is 0 Å². The number of anilines is 1. The summed E-state index contributed by atoms with van der Waals surface area (Å²) >= 11 is 6.20. The molecule has 3 aromatic rings. The molecular weight excluding hydrogens is 382 g/mol. The lowest BCUT2D eigenvalue weighted by Gasteiger charge is -2.20. The quantitative estimate of drug-likeness (QED) is 0.666. The van der Waals surface area contributed by atoms with Gasteiger partial charge in [-0.25, -0.2) is 0 Å². The molecule has 1 aliphatic rings. The van der Waals surface area contributed by atoms with Crippen molar-refractivity contribution in [2.24, 2.45) is 5.92 Å². The van der Waals surface area contributed by atoms with Crippen LogP contribution in [-0.2, 0) is 16.0 Å². The molecule has 0 aliphatic carbocycles. The SMILES string of the molecule is CO[C@H]1CN(c2ccnc3ccc(Cl)cc23)C[C@H]1Cc1cc(C)no1.O=CO. The van der Waals surface area contributed by atoms with E-state index in [-0.39, 0.29) is 12.6 Å². The molecule has 1 saturated heterocycles. The van der Waals surface area contributed by atoms with Crippen molar-refractivity contribution in [1.82, 2.24) is 10.1 Å². The molecule has 2 aromatic heterocycles. The Labute approximate surface area is 167 Å². The summed E-state index contributed by atoms with van der Waals surface area (Å²) in [4.78, 5) is 15.2. The molecule has 1 aliphatic heterocycles. The van der Waals surface area contributed by atoms with Gasteiger partial charge < -0.3 is 19.3 Å². The molecular formula is C20H22ClN3O4. The molecule has 0 bridgehead atoms. The Balaban J connectivity index is 0.000000706. The Kier molecular flexibility index (Phi) is 6.49. The van der Waals surface area contributed by atoms with Crippen LogP contribution in [-0.4, -0.2) is 48.0 Å². The zero-order chi connectivity index (χ0) is 20.1. The summed E-state index contributed by atoms with van der Waals surface area (Å²) in [5.41, 5.74) is 3.00. The fourth-order valence-corrected chi connectivity index (χ4v) is 3.82. The lowest BCUT2D eigenvalue weighted by molar-refractivity contribution is -0.122. The Morgan fingerprint density at radius 3 is 2.82 bits per heavy atom. The van der Waals surface area contributed by atoms with Crippen LogP contribution >= 0.6 is 11.6 Å². The minimum Gasteiger partial charge on any atom is -0.483 e. The number of carboxylic acid groups (broad SMARTS) is 1. The molecule has 8 heteroatoms. The minimum atomic E-state index is -0.250. The largest absolute Gasteiger partial charge is 0.483 e. The maximum atomic E-state index is 8.36. The third kappa shape index (κ3) is 4.43. The normalized spacial score (nSPS) is 18.8. The third-order valence-electron chi connectivity index (χ3n) is 4.85. The zero-order valence-electron chi connectivity index (χ0n) is 15.7. The van der Waals surface area contributed by atoms with E-state index in [4.69, 9.17) is 30.8 Å². The van der Waals surface area contributed by atoms with Crippen molar-refractivity contribution in [1.29, 1.82) is 0 Å². The number of ether oxygens (including phenoxy) is 1. The predicted molar refractivity (Wildman–Crippen MR) is 107 cm³/mol. The number of hydrogen-bond donors (Lipinski definition) is 1. The predicted octanol–water partition coefficient (Wildman–Crippen LogP) is 3.58. The van der Waals surface area contributed by atoms with Gasteiger partial charge >= 0.3 is 0 Å². The van der Waals surface area contributed by atoms with Gasteiger partial charge in [0.15, 0.2) is 0 Å². The highest BCUT2D eigenvalue weighted by molar-refractivity contribution is 6.31. The summed E-state index contributed by atoms with van der Waals surface area (Å²) in [6.45, 7) is 3.42. The summed E-state index contributed by atoms with van der Waals surface area (Å²) in [6.07, 6.45) is 2.81. The minimum absolute atomic E-state index is 0.146. The van der Waals surface area contributed by atoms with Gasteiger partial charge in [-0.15, -0.1) is 0 Å². The van der Waals surface area contributed by atoms with E-state index in [1.165, 1.54) is 0 Å². The third-order valence-corrected chi connectivity index (χ3v) is 5.08. The van der Waals surface area contributed by atoms with Gasteiger partial charge in [-0.05, 0) is 31.2 Å². The fraction of sp³-hybridized carbons (Fsp3) is 0.350. The molecule has 0 radical (unpaired) electrons. The van der Waals surface area contributed by atoms with E-state index in [1.54, 1.807) is 7.11 Å². The van der Waals surface area contributed by atoms with Crippen LogP contribution < -0.4 is 4.90 Å². The van der Waals surface area contributed by atoms with Gasteiger partial charge in [0.1, 0.15) is 5.76 Å². The average molecular weight is 404 g/mol. The van der Waals surface area contributed by atoms with Crippen molar-refractivity contribution < 1.29 is 19.2 Å². The zero-order valence-corrected chi connectivity index (χ0v) is 16.5. The number of aryl methyl sites for hydroxylation is 1. The van der Waals surface area contributed by atoms with Crippen molar-refractivity contribution in [2.45, 2.75) is 19.4 Å². The van der Waals surface area contributed by atoms with E-state index in [0.717, 1.165) is 52.6 Å². The summed E-state index contributed by atoms with van der Waals surface area (Å²) in [5.74, 6) is 1.26. The molecule has 28 heavy (non-hydrogen) atoms. The van der Waals surface area contributed by atoms with Crippen LogP contribution in [0.4, 0.5) is 5.69 Å². The molecule has 0 spiro atoms. The van der Waals surface area contributed by atoms with Gasteiger partial charge in [0.2, 0.25) is 0 Å². The maximum Gasteiger partial charge on any atom is 0.290 e. The highest BCUT2D eigenvalue weighted by Gasteiger charge is 2.34. The number of fused-ring (bicyclic) bond motifs is 1. The van der Waals surface area contributed by atoms with Gasteiger partial charge in [-0.3, -0.25) is 9.78 Å². The van der Waals surface area contributed by atoms with Crippen molar-refractivity contribution in [3.8, 4) is 0 Å². The maximum absolute atomic E-state index is 8.36. The Bertz CT molecular complexity index is 946. The summed E-state index contributed by atoms with van der Waals surface area (Å²) in [5, 5.41) is 12.7. The van der Waals surface area contributed by atoms with E-state index in [0.29, 0.717) is 5.92 Å². The fourth-order valence-electron chi connectivity index (χ4n) is 3.65. The second-order valence-electron chi connectivity index (χ2n) is 6.67. The number of benzene rings is 1. The van der Waals surface area contributed by atoms with Crippen molar-refractivity contribution >= 4 is 34.7 Å². The van der Waals surface area contributed by atoms with Gasteiger partial charge in [0.05, 0.1) is 17.3 Å². The Morgan fingerprint density at radius 2 is 2.14 bits per heavy atom. The van der Waals surface area contributed by atoms with Gasteiger partial charge in [-0.1, -0.05) is 16.8 Å². The molecule has 148 valence electrons. The standard InChI is InChI=1S/C19H20ClN3O2.CH2O2/c1-12-7-15(25-22-12)8-13-10-23(11-19(13)24-2)18-5-6-21-17-4-3-14(20)9-16(17)18;2-1-3/h3-7,9,13,19H,8,10-11H2,1-2H3;1H,(H,2,3)/t13-,19+;/m1./s1. The molecule has 0 saturated carbocycles. The Hall–Kier alpha value is -2.64. The van der Waals surface area contributed by atoms with Crippen LogP contribution in [0.2, 0.25) is 5.02 Å². The molecule has 4 rings (SSSR count). The molecule has 1 N–H and O–H groups in total. The van der Waals surface area contributed by atoms with E-state index in [1.807, 2.05) is 43.5 Å². The number of pyridine rings is 1. The molecule has 1 aromatic carbocycles. The number of carbonyl (C=O) groups is 1. The van der Waals surface area contributed by atoms with Crippen molar-refractivity contribution in [3.05, 3.63) is 53.0 Å². The van der Waals surface area contributed by atoms with Crippen molar-refractivity contribution in [2.75, 3.05) is 25.1 Å². The first-order valence-electron chi connectivity index (χ1n) is 8.87. The van der Waals surface area contributed by atoms with E-state index >= 15 is 0 Å². The smallest absolute Gasteiger partial charge is 0.290 e. The molecule has 2 atom stereocenters. The molecule has 0 unspecified atom stereocenters. The monoisotopic (exact) mass is 403 g/mol. The lowest BCUT2D eigenvalue weighted by Crippen LogP contribution is -2.23. The number of methoxy groups -OCH3 is 1. The number of aromatic nitrogens is 2. The average Bonchev–Trinajstić information content (AvgIpc) is 3.28. The topological polar surface area (TPSA) is 88.7 Å². The second-order valence-corrected chi connectivity index (χ2v) is 7.11. The number of rotatable bonds is 4. The van der Waals surface area contributed by atoms with E-state index in [2.05, 4.69) is 15.0 Å². The summed E-state index contributed by atoms with van der Waals surface area (Å²) in [7, 11) is 1.77. The van der Waals surface area contributed by atoms with E-state index < -0.39 is 0 Å². The number of nitrogens with zero attached hydrogens (tertiary/aromatic N) is 3. The number of hydrogen-bond acceptors (Lipinski definition) is 6. The van der Waals surface area contributed by atoms with Crippen LogP contribution in [0.15, 0.2) is 41.1 Å². The van der Waals surface area contributed by atoms with Crippen LogP contribution in [0.1, 0.15) is 11.5 Å². The second kappa shape index (κ2) is 9.03. The van der Waals surface area contributed by atoms with Gasteiger partial charge in [0.25, 0.3) is 6.47 Å². The molecule has 0 amide bonds. The van der Waals surface area contributed by atoms with Crippen LogP contribution in [0, 0.1) is 12.8 Å². The lowest BCUT2D eigenvalue weighted by atomic mass is 10.0. The first-order chi connectivity index (χ1) is 13.5. The Morgan fingerprint density at radius 1 is 1.36 bits per heavy atom. The van der Waals surface area contributed by atoms with Crippen LogP contribution in [0.25, 0.3) is 10.9 Å². The molecule has 1 fully saturated rings. The summed E-state index contributed by atoms with van der Waals surface area (Å²) in [6, 6.07) is 9.86. The number of halogens is 1. The summed E-state index contributed by atoms with van der Waals surface area (Å²) < 4.78 is 11.1. The first kappa shape index (κ1) is 20.1.